The molecular weight excluding hydrogens is 272 g/mol. The van der Waals surface area contributed by atoms with E-state index in [9.17, 15) is 5.11 Å². The van der Waals surface area contributed by atoms with Crippen molar-refractivity contribution in [2.75, 3.05) is 11.9 Å². The molecule has 0 bridgehead atoms. The molecule has 2 N–H and O–H groups in total. The molecule has 0 atom stereocenters. The predicted octanol–water partition coefficient (Wildman–Crippen LogP) is 4.00. The molecule has 3 nitrogen and oxygen atoms in total. The highest BCUT2D eigenvalue weighted by atomic mass is 35.5. The molecular formula is C16H19ClN2O. The molecule has 20 heavy (non-hydrogen) atoms. The van der Waals surface area contributed by atoms with E-state index < -0.39 is 0 Å². The highest BCUT2D eigenvalue weighted by molar-refractivity contribution is 6.31. The molecule has 2 aromatic rings. The van der Waals surface area contributed by atoms with Crippen LogP contribution in [0.1, 0.15) is 32.1 Å². The number of rotatable bonds is 3. The number of hydrogen-bond acceptors (Lipinski definition) is 3. The Labute approximate surface area is 124 Å². The highest BCUT2D eigenvalue weighted by Gasteiger charge is 2.31. The molecule has 1 heterocycles. The second kappa shape index (κ2) is 5.58. The van der Waals surface area contributed by atoms with Crippen LogP contribution in [0.2, 0.25) is 5.02 Å². The summed E-state index contributed by atoms with van der Waals surface area (Å²) >= 11 is 6.02. The molecule has 106 valence electrons. The monoisotopic (exact) mass is 290 g/mol. The Kier molecular flexibility index (Phi) is 3.81. The fraction of sp³-hybridized carbons (Fsp3) is 0.438. The average molecular weight is 291 g/mol. The van der Waals surface area contributed by atoms with Gasteiger partial charge in [0.2, 0.25) is 0 Å². The van der Waals surface area contributed by atoms with Crippen LogP contribution in [0.5, 0.6) is 0 Å². The summed E-state index contributed by atoms with van der Waals surface area (Å²) in [5.41, 5.74) is 1.72. The summed E-state index contributed by atoms with van der Waals surface area (Å²) in [7, 11) is 0. The minimum absolute atomic E-state index is 0.171. The molecule has 1 aromatic carbocycles. The van der Waals surface area contributed by atoms with Gasteiger partial charge in [-0.05, 0) is 37.1 Å². The Hall–Kier alpha value is -1.32. The van der Waals surface area contributed by atoms with Crippen LogP contribution in [0.15, 0.2) is 30.5 Å². The SMILES string of the molecule is OCC1(Nc2ccnc3cc(Cl)ccc23)CCCCC1. The standard InChI is InChI=1S/C16H19ClN2O/c17-12-4-5-13-14(6-9-18-15(13)10-12)19-16(11-20)7-2-1-3-8-16/h4-6,9-10,20H,1-3,7-8,11H2,(H,18,19). The zero-order valence-corrected chi connectivity index (χ0v) is 12.2. The number of pyridine rings is 1. The van der Waals surface area contributed by atoms with Crippen LogP contribution in [0.4, 0.5) is 5.69 Å². The zero-order chi connectivity index (χ0) is 14.0. The number of benzene rings is 1. The first kappa shape index (κ1) is 13.7. The van der Waals surface area contributed by atoms with E-state index in [2.05, 4.69) is 10.3 Å². The first-order valence-corrected chi connectivity index (χ1v) is 7.54. The average Bonchev–Trinajstić information content (AvgIpc) is 2.48. The van der Waals surface area contributed by atoms with Crippen LogP contribution in [-0.4, -0.2) is 22.2 Å². The summed E-state index contributed by atoms with van der Waals surface area (Å²) in [6.07, 6.45) is 7.41. The lowest BCUT2D eigenvalue weighted by Crippen LogP contribution is -2.43. The van der Waals surface area contributed by atoms with Crippen molar-refractivity contribution in [2.24, 2.45) is 0 Å². The van der Waals surface area contributed by atoms with Crippen molar-refractivity contribution >= 4 is 28.2 Å². The molecule has 3 rings (SSSR count). The molecule has 1 fully saturated rings. The van der Waals surface area contributed by atoms with Gasteiger partial charge in [0.15, 0.2) is 0 Å². The number of halogens is 1. The molecule has 1 aliphatic carbocycles. The minimum Gasteiger partial charge on any atom is -0.394 e. The van der Waals surface area contributed by atoms with Crippen molar-refractivity contribution in [2.45, 2.75) is 37.6 Å². The van der Waals surface area contributed by atoms with Gasteiger partial charge < -0.3 is 10.4 Å². The minimum atomic E-state index is -0.188. The van der Waals surface area contributed by atoms with Gasteiger partial charge in [-0.3, -0.25) is 4.98 Å². The third-order valence-electron chi connectivity index (χ3n) is 4.22. The molecule has 1 saturated carbocycles. The van der Waals surface area contributed by atoms with Gasteiger partial charge in [-0.15, -0.1) is 0 Å². The fourth-order valence-corrected chi connectivity index (χ4v) is 3.23. The van der Waals surface area contributed by atoms with Crippen molar-refractivity contribution in [1.29, 1.82) is 0 Å². The van der Waals surface area contributed by atoms with Crippen LogP contribution >= 0.6 is 11.6 Å². The van der Waals surface area contributed by atoms with Gasteiger partial charge in [0.1, 0.15) is 0 Å². The summed E-state index contributed by atoms with van der Waals surface area (Å²) in [5.74, 6) is 0. The number of fused-ring (bicyclic) bond motifs is 1. The molecule has 0 spiro atoms. The van der Waals surface area contributed by atoms with E-state index in [1.165, 1.54) is 19.3 Å². The summed E-state index contributed by atoms with van der Waals surface area (Å²) in [4.78, 5) is 4.36. The summed E-state index contributed by atoms with van der Waals surface area (Å²) in [6, 6.07) is 7.71. The normalized spacial score (nSPS) is 18.1. The van der Waals surface area contributed by atoms with Crippen LogP contribution < -0.4 is 5.32 Å². The third-order valence-corrected chi connectivity index (χ3v) is 4.45. The lowest BCUT2D eigenvalue weighted by Gasteiger charge is -2.37. The second-order valence-electron chi connectivity index (χ2n) is 5.64. The number of nitrogens with zero attached hydrogens (tertiary/aromatic N) is 1. The number of anilines is 1. The molecule has 1 aromatic heterocycles. The van der Waals surface area contributed by atoms with Gasteiger partial charge in [-0.2, -0.15) is 0 Å². The third kappa shape index (κ3) is 2.60. The van der Waals surface area contributed by atoms with E-state index >= 15 is 0 Å². The number of aliphatic hydroxyl groups excluding tert-OH is 1. The quantitative estimate of drug-likeness (QED) is 0.898. The Morgan fingerprint density at radius 3 is 2.75 bits per heavy atom. The predicted molar refractivity (Wildman–Crippen MR) is 83.3 cm³/mol. The van der Waals surface area contributed by atoms with Gasteiger partial charge in [0.05, 0.1) is 17.7 Å². The first-order chi connectivity index (χ1) is 9.72. The summed E-state index contributed by atoms with van der Waals surface area (Å²) in [5, 5.41) is 15.1. The molecule has 0 unspecified atom stereocenters. The van der Waals surface area contributed by atoms with Crippen molar-refractivity contribution in [3.63, 3.8) is 0 Å². The molecule has 1 aliphatic rings. The molecule has 0 aliphatic heterocycles. The molecule has 0 amide bonds. The van der Waals surface area contributed by atoms with E-state index in [1.807, 2.05) is 24.3 Å². The topological polar surface area (TPSA) is 45.1 Å². The van der Waals surface area contributed by atoms with E-state index in [1.54, 1.807) is 6.20 Å². The van der Waals surface area contributed by atoms with Crippen LogP contribution in [0.3, 0.4) is 0 Å². The van der Waals surface area contributed by atoms with Crippen LogP contribution in [-0.2, 0) is 0 Å². The number of nitrogens with one attached hydrogen (secondary N) is 1. The Bertz CT molecular complexity index is 608. The van der Waals surface area contributed by atoms with Crippen LogP contribution in [0, 0.1) is 0 Å². The van der Waals surface area contributed by atoms with Crippen LogP contribution in [0.25, 0.3) is 10.9 Å². The molecule has 4 heteroatoms. The molecule has 0 radical (unpaired) electrons. The van der Waals surface area contributed by atoms with Crippen molar-refractivity contribution in [3.05, 3.63) is 35.5 Å². The highest BCUT2D eigenvalue weighted by Crippen LogP contribution is 2.34. The second-order valence-corrected chi connectivity index (χ2v) is 6.08. The maximum absolute atomic E-state index is 9.82. The number of hydrogen-bond donors (Lipinski definition) is 2. The number of aromatic nitrogens is 1. The van der Waals surface area contributed by atoms with Crippen molar-refractivity contribution < 1.29 is 5.11 Å². The van der Waals surface area contributed by atoms with E-state index in [0.717, 1.165) is 29.4 Å². The summed E-state index contributed by atoms with van der Waals surface area (Å²) in [6.45, 7) is 0.171. The smallest absolute Gasteiger partial charge is 0.0737 e. The van der Waals surface area contributed by atoms with E-state index in [0.29, 0.717) is 5.02 Å². The number of aliphatic hydroxyl groups is 1. The zero-order valence-electron chi connectivity index (χ0n) is 11.4. The summed E-state index contributed by atoms with van der Waals surface area (Å²) < 4.78 is 0. The van der Waals surface area contributed by atoms with Crippen molar-refractivity contribution in [1.82, 2.24) is 4.98 Å². The van der Waals surface area contributed by atoms with Gasteiger partial charge in [0, 0.05) is 22.3 Å². The lowest BCUT2D eigenvalue weighted by molar-refractivity contribution is 0.173. The Morgan fingerprint density at radius 1 is 1.20 bits per heavy atom. The fourth-order valence-electron chi connectivity index (χ4n) is 3.07. The molecule has 0 saturated heterocycles. The first-order valence-electron chi connectivity index (χ1n) is 7.16. The Morgan fingerprint density at radius 2 is 2.00 bits per heavy atom. The van der Waals surface area contributed by atoms with Gasteiger partial charge in [-0.25, -0.2) is 0 Å². The Balaban J connectivity index is 1.97. The van der Waals surface area contributed by atoms with E-state index in [4.69, 9.17) is 11.6 Å². The van der Waals surface area contributed by atoms with Gasteiger partial charge >= 0.3 is 0 Å². The maximum atomic E-state index is 9.82. The largest absolute Gasteiger partial charge is 0.394 e. The van der Waals surface area contributed by atoms with Gasteiger partial charge in [0.25, 0.3) is 0 Å². The van der Waals surface area contributed by atoms with Crippen molar-refractivity contribution in [3.8, 4) is 0 Å². The van der Waals surface area contributed by atoms with E-state index in [-0.39, 0.29) is 12.1 Å². The van der Waals surface area contributed by atoms with Gasteiger partial charge in [-0.1, -0.05) is 30.9 Å². The maximum Gasteiger partial charge on any atom is 0.0737 e. The lowest BCUT2D eigenvalue weighted by atomic mass is 9.82.